The standard InChI is InChI=1S/C9H13N3O4/c1-2-5(9(15)16)10-8(14)6-3-4-7(13)12-11-6/h5H,2-4H2,1H3,(H,10,14)(H,12,13)(H,15,16)/t5-/m1/s1. The first-order valence-corrected chi connectivity index (χ1v) is 4.93. The molecule has 1 heterocycles. The third kappa shape index (κ3) is 3.04. The summed E-state index contributed by atoms with van der Waals surface area (Å²) in [6.07, 6.45) is 0.713. The number of hydrogen-bond donors (Lipinski definition) is 3. The van der Waals surface area contributed by atoms with Gasteiger partial charge in [-0.3, -0.25) is 9.59 Å². The quantitative estimate of drug-likeness (QED) is 0.586. The largest absolute Gasteiger partial charge is 0.480 e. The Bertz CT molecular complexity index is 351. The Morgan fingerprint density at radius 3 is 2.69 bits per heavy atom. The highest BCUT2D eigenvalue weighted by Crippen LogP contribution is 2.00. The molecule has 16 heavy (non-hydrogen) atoms. The van der Waals surface area contributed by atoms with Crippen LogP contribution in [0.5, 0.6) is 0 Å². The van der Waals surface area contributed by atoms with Gasteiger partial charge in [0.15, 0.2) is 0 Å². The van der Waals surface area contributed by atoms with Gasteiger partial charge in [-0.1, -0.05) is 6.92 Å². The van der Waals surface area contributed by atoms with Crippen LogP contribution in [0.1, 0.15) is 26.2 Å². The third-order valence-corrected chi connectivity index (χ3v) is 2.18. The lowest BCUT2D eigenvalue weighted by molar-refractivity contribution is -0.141. The molecule has 7 nitrogen and oxygen atoms in total. The van der Waals surface area contributed by atoms with E-state index in [4.69, 9.17) is 5.11 Å². The Morgan fingerprint density at radius 1 is 1.56 bits per heavy atom. The van der Waals surface area contributed by atoms with Gasteiger partial charge in [0.25, 0.3) is 5.91 Å². The van der Waals surface area contributed by atoms with Crippen molar-refractivity contribution in [3.05, 3.63) is 0 Å². The highest BCUT2D eigenvalue weighted by atomic mass is 16.4. The van der Waals surface area contributed by atoms with E-state index in [0.717, 1.165) is 0 Å². The molecule has 88 valence electrons. The van der Waals surface area contributed by atoms with Crippen LogP contribution in [0.25, 0.3) is 0 Å². The summed E-state index contributed by atoms with van der Waals surface area (Å²) >= 11 is 0. The number of hydrazone groups is 1. The molecule has 0 aliphatic carbocycles. The molecule has 0 aromatic heterocycles. The molecule has 0 bridgehead atoms. The van der Waals surface area contributed by atoms with E-state index >= 15 is 0 Å². The first kappa shape index (κ1) is 12.2. The van der Waals surface area contributed by atoms with Gasteiger partial charge in [0.1, 0.15) is 11.8 Å². The van der Waals surface area contributed by atoms with E-state index in [1.165, 1.54) is 0 Å². The number of carbonyl (C=O) groups is 3. The predicted octanol–water partition coefficient (Wildman–Crippen LogP) is -0.768. The molecule has 2 amide bonds. The lowest BCUT2D eigenvalue weighted by atomic mass is 10.1. The van der Waals surface area contributed by atoms with Gasteiger partial charge in [0, 0.05) is 12.8 Å². The average Bonchev–Trinajstić information content (AvgIpc) is 2.26. The number of carboxylic acid groups (broad SMARTS) is 1. The van der Waals surface area contributed by atoms with Crippen LogP contribution in [-0.2, 0) is 14.4 Å². The lowest BCUT2D eigenvalue weighted by Gasteiger charge is -2.15. The number of amides is 2. The molecule has 0 saturated heterocycles. The van der Waals surface area contributed by atoms with E-state index < -0.39 is 17.9 Å². The van der Waals surface area contributed by atoms with Crippen molar-refractivity contribution in [2.75, 3.05) is 0 Å². The summed E-state index contributed by atoms with van der Waals surface area (Å²) in [7, 11) is 0. The van der Waals surface area contributed by atoms with E-state index in [9.17, 15) is 14.4 Å². The van der Waals surface area contributed by atoms with Gasteiger partial charge in [0.2, 0.25) is 5.91 Å². The molecule has 0 fully saturated rings. The lowest BCUT2D eigenvalue weighted by Crippen LogP contribution is -2.45. The van der Waals surface area contributed by atoms with Crippen molar-refractivity contribution < 1.29 is 19.5 Å². The van der Waals surface area contributed by atoms with Gasteiger partial charge in [-0.25, -0.2) is 10.2 Å². The van der Waals surface area contributed by atoms with Crippen molar-refractivity contribution in [1.82, 2.24) is 10.7 Å². The second-order valence-corrected chi connectivity index (χ2v) is 3.37. The Labute approximate surface area is 91.9 Å². The van der Waals surface area contributed by atoms with Crippen molar-refractivity contribution >= 4 is 23.5 Å². The van der Waals surface area contributed by atoms with Gasteiger partial charge in [-0.15, -0.1) is 0 Å². The Kier molecular flexibility index (Phi) is 3.98. The summed E-state index contributed by atoms with van der Waals surface area (Å²) in [5, 5.41) is 14.6. The maximum Gasteiger partial charge on any atom is 0.326 e. The van der Waals surface area contributed by atoms with Crippen molar-refractivity contribution in [2.45, 2.75) is 32.2 Å². The second kappa shape index (κ2) is 5.24. The molecule has 3 N–H and O–H groups in total. The Morgan fingerprint density at radius 2 is 2.25 bits per heavy atom. The van der Waals surface area contributed by atoms with Crippen LogP contribution in [0.2, 0.25) is 0 Å². The molecule has 1 aliphatic rings. The number of carboxylic acids is 1. The number of nitrogens with zero attached hydrogens (tertiary/aromatic N) is 1. The highest BCUT2D eigenvalue weighted by molar-refractivity contribution is 6.39. The van der Waals surface area contributed by atoms with Crippen molar-refractivity contribution in [1.29, 1.82) is 0 Å². The number of carbonyl (C=O) groups excluding carboxylic acids is 2. The first-order valence-electron chi connectivity index (χ1n) is 4.93. The smallest absolute Gasteiger partial charge is 0.326 e. The Balaban J connectivity index is 2.58. The van der Waals surface area contributed by atoms with Gasteiger partial charge < -0.3 is 10.4 Å². The van der Waals surface area contributed by atoms with Crippen LogP contribution < -0.4 is 10.7 Å². The molecule has 1 atom stereocenters. The summed E-state index contributed by atoms with van der Waals surface area (Å²) in [6, 6.07) is -0.923. The highest BCUT2D eigenvalue weighted by Gasteiger charge is 2.23. The molecule has 0 radical (unpaired) electrons. The van der Waals surface area contributed by atoms with Crippen molar-refractivity contribution in [3.63, 3.8) is 0 Å². The van der Waals surface area contributed by atoms with E-state index in [1.807, 2.05) is 0 Å². The van der Waals surface area contributed by atoms with Crippen molar-refractivity contribution in [2.24, 2.45) is 5.10 Å². The molecule has 0 aromatic rings. The van der Waals surface area contributed by atoms with Crippen LogP contribution in [0.4, 0.5) is 0 Å². The molecule has 1 rings (SSSR count). The number of aliphatic carboxylic acids is 1. The van der Waals surface area contributed by atoms with E-state index in [-0.39, 0.29) is 24.5 Å². The summed E-state index contributed by atoms with van der Waals surface area (Å²) in [5.41, 5.74) is 2.33. The van der Waals surface area contributed by atoms with Crippen LogP contribution in [0.3, 0.4) is 0 Å². The molecule has 7 heteroatoms. The fourth-order valence-corrected chi connectivity index (χ4v) is 1.22. The fraction of sp³-hybridized carbons (Fsp3) is 0.556. The normalized spacial score (nSPS) is 17.1. The van der Waals surface area contributed by atoms with Crippen LogP contribution in [0.15, 0.2) is 5.10 Å². The van der Waals surface area contributed by atoms with Gasteiger partial charge in [-0.2, -0.15) is 5.10 Å². The van der Waals surface area contributed by atoms with Crippen molar-refractivity contribution in [3.8, 4) is 0 Å². The number of nitrogens with one attached hydrogen (secondary N) is 2. The molecular weight excluding hydrogens is 214 g/mol. The Hall–Kier alpha value is -1.92. The molecule has 0 unspecified atom stereocenters. The minimum Gasteiger partial charge on any atom is -0.480 e. The minimum absolute atomic E-state index is 0.152. The third-order valence-electron chi connectivity index (χ3n) is 2.18. The summed E-state index contributed by atoms with van der Waals surface area (Å²) in [4.78, 5) is 33.0. The zero-order valence-electron chi connectivity index (χ0n) is 8.82. The summed E-state index contributed by atoms with van der Waals surface area (Å²) in [5.74, 6) is -1.88. The first-order chi connectivity index (χ1) is 7.54. The molecule has 0 saturated carbocycles. The van der Waals surface area contributed by atoms with Crippen LogP contribution in [0, 0.1) is 0 Å². The van der Waals surface area contributed by atoms with Crippen LogP contribution in [-0.4, -0.2) is 34.6 Å². The molecule has 0 spiro atoms. The molecule has 0 aromatic carbocycles. The van der Waals surface area contributed by atoms with Gasteiger partial charge in [0.05, 0.1) is 0 Å². The van der Waals surface area contributed by atoms with Gasteiger partial charge in [-0.05, 0) is 6.42 Å². The maximum absolute atomic E-state index is 11.5. The zero-order valence-corrected chi connectivity index (χ0v) is 8.82. The predicted molar refractivity (Wildman–Crippen MR) is 54.7 cm³/mol. The molecular formula is C9H13N3O4. The van der Waals surface area contributed by atoms with E-state index in [0.29, 0.717) is 6.42 Å². The van der Waals surface area contributed by atoms with Crippen LogP contribution >= 0.6 is 0 Å². The zero-order chi connectivity index (χ0) is 12.1. The fourth-order valence-electron chi connectivity index (χ4n) is 1.22. The maximum atomic E-state index is 11.5. The SMILES string of the molecule is CC[C@@H](NC(=O)C1=NNC(=O)CC1)C(=O)O. The van der Waals surface area contributed by atoms with Gasteiger partial charge >= 0.3 is 5.97 Å². The number of hydrogen-bond acceptors (Lipinski definition) is 4. The monoisotopic (exact) mass is 227 g/mol. The molecule has 1 aliphatic heterocycles. The number of rotatable bonds is 4. The second-order valence-electron chi connectivity index (χ2n) is 3.37. The summed E-state index contributed by atoms with van der Waals surface area (Å²) in [6.45, 7) is 1.66. The topological polar surface area (TPSA) is 108 Å². The average molecular weight is 227 g/mol. The van der Waals surface area contributed by atoms with E-state index in [2.05, 4.69) is 15.8 Å². The van der Waals surface area contributed by atoms with E-state index in [1.54, 1.807) is 6.92 Å². The minimum atomic E-state index is -1.09. The summed E-state index contributed by atoms with van der Waals surface area (Å²) < 4.78 is 0.